The van der Waals surface area contributed by atoms with Gasteiger partial charge in [-0.25, -0.2) is 4.90 Å². The van der Waals surface area contributed by atoms with Crippen LogP contribution in [0.5, 0.6) is 5.75 Å². The van der Waals surface area contributed by atoms with Gasteiger partial charge in [0.05, 0.1) is 23.6 Å². The molecule has 0 bridgehead atoms. The van der Waals surface area contributed by atoms with Gasteiger partial charge in [-0.2, -0.15) is 0 Å². The van der Waals surface area contributed by atoms with E-state index in [1.807, 2.05) is 19.1 Å². The number of nitrogens with zero attached hydrogens (tertiary/aromatic N) is 1. The fourth-order valence-corrected chi connectivity index (χ4v) is 3.52. The lowest BCUT2D eigenvalue weighted by atomic mass is 10.1. The number of carboxylic acids is 1. The van der Waals surface area contributed by atoms with E-state index >= 15 is 0 Å². The van der Waals surface area contributed by atoms with Crippen LogP contribution in [0.3, 0.4) is 0 Å². The van der Waals surface area contributed by atoms with Crippen LogP contribution >= 0.6 is 11.8 Å². The summed E-state index contributed by atoms with van der Waals surface area (Å²) in [6.07, 6.45) is 2.35. The van der Waals surface area contributed by atoms with Gasteiger partial charge in [0.15, 0.2) is 0 Å². The summed E-state index contributed by atoms with van der Waals surface area (Å²) in [7, 11) is 0. The van der Waals surface area contributed by atoms with Crippen molar-refractivity contribution in [3.8, 4) is 5.75 Å². The third kappa shape index (κ3) is 4.43. The van der Waals surface area contributed by atoms with E-state index in [9.17, 15) is 14.4 Å². The van der Waals surface area contributed by atoms with Gasteiger partial charge in [0.1, 0.15) is 5.75 Å². The largest absolute Gasteiger partial charge is 0.492 e. The Bertz CT molecular complexity index is 936. The molecule has 0 atom stereocenters. The highest BCUT2D eigenvalue weighted by atomic mass is 32.2. The molecule has 0 spiro atoms. The number of rotatable bonds is 7. The van der Waals surface area contributed by atoms with Crippen LogP contribution in [-0.2, 0) is 16.0 Å². The van der Waals surface area contributed by atoms with Crippen LogP contribution in [-0.4, -0.2) is 28.8 Å². The molecule has 6 nitrogen and oxygen atoms in total. The standard InChI is InChI=1S/C21H19NO5S/c1-2-14-7-9-16(10-8-14)22-20(25)18(28-21(22)26)13-15-5-3-4-6-17(15)27-12-11-19(23)24/h3-10,13H,2,11-12H2,1H3,(H,23,24)/b18-13+. The molecule has 1 heterocycles. The summed E-state index contributed by atoms with van der Waals surface area (Å²) in [6, 6.07) is 14.3. The van der Waals surface area contributed by atoms with E-state index in [0.29, 0.717) is 21.9 Å². The maximum Gasteiger partial charge on any atom is 0.306 e. The van der Waals surface area contributed by atoms with Crippen molar-refractivity contribution in [1.82, 2.24) is 0 Å². The van der Waals surface area contributed by atoms with Crippen molar-refractivity contribution in [2.24, 2.45) is 0 Å². The lowest BCUT2D eigenvalue weighted by Crippen LogP contribution is -2.27. The lowest BCUT2D eigenvalue weighted by Gasteiger charge is -2.13. The van der Waals surface area contributed by atoms with Crippen molar-refractivity contribution in [2.45, 2.75) is 19.8 Å². The van der Waals surface area contributed by atoms with Gasteiger partial charge >= 0.3 is 5.97 Å². The van der Waals surface area contributed by atoms with Gasteiger partial charge in [0.25, 0.3) is 11.1 Å². The van der Waals surface area contributed by atoms with Gasteiger partial charge in [-0.3, -0.25) is 14.4 Å². The molecule has 28 heavy (non-hydrogen) atoms. The summed E-state index contributed by atoms with van der Waals surface area (Å²) in [5, 5.41) is 8.39. The van der Waals surface area contributed by atoms with Crippen molar-refractivity contribution in [1.29, 1.82) is 0 Å². The van der Waals surface area contributed by atoms with Gasteiger partial charge < -0.3 is 9.84 Å². The average molecular weight is 397 g/mol. The Balaban J connectivity index is 1.82. The number of benzene rings is 2. The molecule has 0 aromatic heterocycles. The van der Waals surface area contributed by atoms with Crippen molar-refractivity contribution >= 4 is 40.6 Å². The molecule has 144 valence electrons. The molecule has 0 aliphatic carbocycles. The van der Waals surface area contributed by atoms with Gasteiger partial charge in [-0.05, 0) is 48.0 Å². The van der Waals surface area contributed by atoms with E-state index in [2.05, 4.69) is 0 Å². The molecule has 1 aliphatic rings. The molecule has 2 aromatic carbocycles. The zero-order chi connectivity index (χ0) is 20.1. The molecule has 1 saturated heterocycles. The van der Waals surface area contributed by atoms with Crippen LogP contribution in [0.15, 0.2) is 53.4 Å². The van der Waals surface area contributed by atoms with Gasteiger partial charge in [-0.15, -0.1) is 0 Å². The Morgan fingerprint density at radius 3 is 2.54 bits per heavy atom. The first kappa shape index (κ1) is 19.7. The van der Waals surface area contributed by atoms with Crippen LogP contribution in [0.4, 0.5) is 10.5 Å². The number of aliphatic carboxylic acids is 1. The third-order valence-corrected chi connectivity index (χ3v) is 5.05. The highest BCUT2D eigenvalue weighted by molar-refractivity contribution is 8.19. The van der Waals surface area contributed by atoms with Crippen molar-refractivity contribution in [2.75, 3.05) is 11.5 Å². The van der Waals surface area contributed by atoms with Gasteiger partial charge in [-0.1, -0.05) is 37.3 Å². The first-order valence-electron chi connectivity index (χ1n) is 8.80. The SMILES string of the molecule is CCc1ccc(N2C(=O)S/C(=C/c3ccccc3OCCC(=O)O)C2=O)cc1. The monoisotopic (exact) mass is 397 g/mol. The minimum Gasteiger partial charge on any atom is -0.492 e. The maximum atomic E-state index is 12.8. The van der Waals surface area contributed by atoms with Crippen molar-refractivity contribution in [3.05, 3.63) is 64.6 Å². The number of imide groups is 1. The van der Waals surface area contributed by atoms with E-state index in [-0.39, 0.29) is 24.2 Å². The van der Waals surface area contributed by atoms with E-state index in [1.165, 1.54) is 0 Å². The Kier molecular flexibility index (Phi) is 6.16. The molecule has 3 rings (SSSR count). The molecular weight excluding hydrogens is 378 g/mol. The highest BCUT2D eigenvalue weighted by Crippen LogP contribution is 2.36. The second-order valence-corrected chi connectivity index (χ2v) is 7.06. The van der Waals surface area contributed by atoms with Crippen molar-refractivity contribution < 1.29 is 24.2 Å². The smallest absolute Gasteiger partial charge is 0.306 e. The molecule has 1 aliphatic heterocycles. The van der Waals surface area contributed by atoms with Crippen LogP contribution in [0.1, 0.15) is 24.5 Å². The second-order valence-electron chi connectivity index (χ2n) is 6.07. The maximum absolute atomic E-state index is 12.8. The predicted octanol–water partition coefficient (Wildman–Crippen LogP) is 4.34. The Hall–Kier alpha value is -3.06. The number of amides is 2. The molecule has 2 aromatic rings. The fourth-order valence-electron chi connectivity index (χ4n) is 2.69. The highest BCUT2D eigenvalue weighted by Gasteiger charge is 2.36. The van der Waals surface area contributed by atoms with E-state index < -0.39 is 5.97 Å². The summed E-state index contributed by atoms with van der Waals surface area (Å²) >= 11 is 0.868. The second kappa shape index (κ2) is 8.75. The molecule has 0 radical (unpaired) electrons. The number of hydrogen-bond acceptors (Lipinski definition) is 5. The Morgan fingerprint density at radius 2 is 1.86 bits per heavy atom. The molecule has 7 heteroatoms. The Labute approximate surface area is 166 Å². The molecule has 1 fully saturated rings. The topological polar surface area (TPSA) is 83.9 Å². The quantitative estimate of drug-likeness (QED) is 0.700. The Morgan fingerprint density at radius 1 is 1.14 bits per heavy atom. The number of carbonyl (C=O) groups is 3. The number of ether oxygens (including phenoxy) is 1. The number of para-hydroxylation sites is 1. The zero-order valence-corrected chi connectivity index (χ0v) is 16.1. The number of hydrogen-bond donors (Lipinski definition) is 1. The van der Waals surface area contributed by atoms with Crippen molar-refractivity contribution in [3.63, 3.8) is 0 Å². The number of thioether (sulfide) groups is 1. The van der Waals surface area contributed by atoms with E-state index in [1.54, 1.807) is 42.5 Å². The summed E-state index contributed by atoms with van der Waals surface area (Å²) in [4.78, 5) is 37.3. The zero-order valence-electron chi connectivity index (χ0n) is 15.3. The predicted molar refractivity (Wildman–Crippen MR) is 108 cm³/mol. The molecule has 2 amide bonds. The van der Waals surface area contributed by atoms with Gasteiger partial charge in [0, 0.05) is 5.56 Å². The molecule has 0 saturated carbocycles. The summed E-state index contributed by atoms with van der Waals surface area (Å²) in [5.41, 5.74) is 2.27. The number of aryl methyl sites for hydroxylation is 1. The van der Waals surface area contributed by atoms with Gasteiger partial charge in [0.2, 0.25) is 0 Å². The number of anilines is 1. The first-order chi connectivity index (χ1) is 13.5. The average Bonchev–Trinajstić information content (AvgIpc) is 2.96. The number of carboxylic acid groups (broad SMARTS) is 1. The third-order valence-electron chi connectivity index (χ3n) is 4.18. The molecular formula is C21H19NO5S. The summed E-state index contributed by atoms with van der Waals surface area (Å²) < 4.78 is 5.51. The molecule has 0 unspecified atom stereocenters. The summed E-state index contributed by atoms with van der Waals surface area (Å²) in [6.45, 7) is 2.05. The van der Waals surface area contributed by atoms with E-state index in [0.717, 1.165) is 28.6 Å². The van der Waals surface area contributed by atoms with Crippen LogP contribution in [0.2, 0.25) is 0 Å². The first-order valence-corrected chi connectivity index (χ1v) is 9.61. The van der Waals surface area contributed by atoms with Crippen LogP contribution in [0.25, 0.3) is 6.08 Å². The van der Waals surface area contributed by atoms with E-state index in [4.69, 9.17) is 9.84 Å². The molecule has 1 N–H and O–H groups in total. The lowest BCUT2D eigenvalue weighted by molar-refractivity contribution is -0.137. The normalized spacial score (nSPS) is 15.3. The minimum absolute atomic E-state index is 0.0193. The summed E-state index contributed by atoms with van der Waals surface area (Å²) in [5.74, 6) is -0.880. The van der Waals surface area contributed by atoms with Crippen LogP contribution in [0, 0.1) is 0 Å². The minimum atomic E-state index is -0.951. The fraction of sp³-hybridized carbons (Fsp3) is 0.190. The number of carbonyl (C=O) groups excluding carboxylic acids is 2. The van der Waals surface area contributed by atoms with Crippen LogP contribution < -0.4 is 9.64 Å².